The molecule has 31 heavy (non-hydrogen) atoms. The van der Waals surface area contributed by atoms with Crippen LogP contribution < -0.4 is 0 Å². The van der Waals surface area contributed by atoms with Crippen molar-refractivity contribution in [2.75, 3.05) is 20.2 Å². The highest BCUT2D eigenvalue weighted by Crippen LogP contribution is 2.38. The first-order chi connectivity index (χ1) is 14.9. The normalized spacial score (nSPS) is 19.2. The van der Waals surface area contributed by atoms with E-state index in [1.807, 2.05) is 43.3 Å². The zero-order chi connectivity index (χ0) is 22.0. The third-order valence-corrected chi connectivity index (χ3v) is 7.95. The summed E-state index contributed by atoms with van der Waals surface area (Å²) in [5, 5.41) is 0. The molecule has 0 N–H and O–H groups in total. The average Bonchev–Trinajstić information content (AvgIpc) is 3.21. The first-order valence-electron chi connectivity index (χ1n) is 10.5. The number of sulfonamides is 1. The lowest BCUT2D eigenvalue weighted by Gasteiger charge is -2.22. The maximum atomic E-state index is 13.1. The number of rotatable bonds is 6. The molecule has 1 heterocycles. The lowest BCUT2D eigenvalue weighted by atomic mass is 9.83. The lowest BCUT2D eigenvalue weighted by molar-refractivity contribution is -0.136. The van der Waals surface area contributed by atoms with Crippen LogP contribution in [0, 0.1) is 12.8 Å². The molecule has 1 aliphatic carbocycles. The van der Waals surface area contributed by atoms with E-state index in [9.17, 15) is 13.2 Å². The monoisotopic (exact) mass is 437 g/mol. The fourth-order valence-corrected chi connectivity index (χ4v) is 5.81. The summed E-state index contributed by atoms with van der Waals surface area (Å²) >= 11 is 0. The first kappa shape index (κ1) is 21.5. The van der Waals surface area contributed by atoms with E-state index in [2.05, 4.69) is 12.1 Å². The number of hydrogen-bond acceptors (Lipinski definition) is 4. The number of benzene rings is 2. The van der Waals surface area contributed by atoms with Gasteiger partial charge in [0.2, 0.25) is 10.0 Å². The molecular weight excluding hydrogens is 410 g/mol. The van der Waals surface area contributed by atoms with Crippen molar-refractivity contribution in [1.82, 2.24) is 4.31 Å². The first-order valence-corrected chi connectivity index (χ1v) is 11.9. The zero-order valence-corrected chi connectivity index (χ0v) is 18.7. The van der Waals surface area contributed by atoms with E-state index in [1.165, 1.54) is 17.0 Å². The fourth-order valence-electron chi connectivity index (χ4n) is 4.33. The molecule has 6 heteroatoms. The van der Waals surface area contributed by atoms with Crippen LogP contribution in [-0.2, 0) is 26.0 Å². The van der Waals surface area contributed by atoms with Crippen LogP contribution in [0.3, 0.4) is 0 Å². The van der Waals surface area contributed by atoms with Gasteiger partial charge >= 0.3 is 5.97 Å². The highest BCUT2D eigenvalue weighted by atomic mass is 32.2. The molecule has 0 bridgehead atoms. The van der Waals surface area contributed by atoms with Crippen molar-refractivity contribution in [1.29, 1.82) is 0 Å². The van der Waals surface area contributed by atoms with Gasteiger partial charge in [-0.3, -0.25) is 0 Å². The third-order valence-electron chi connectivity index (χ3n) is 6.12. The summed E-state index contributed by atoms with van der Waals surface area (Å²) in [5.74, 6) is -0.312. The predicted molar refractivity (Wildman–Crippen MR) is 120 cm³/mol. The maximum absolute atomic E-state index is 13.1. The van der Waals surface area contributed by atoms with E-state index in [4.69, 9.17) is 4.74 Å². The van der Waals surface area contributed by atoms with Gasteiger partial charge in [0, 0.05) is 18.7 Å². The summed E-state index contributed by atoms with van der Waals surface area (Å²) in [6.45, 7) is 2.68. The Bertz CT molecular complexity index is 1130. The Hall–Kier alpha value is -2.70. The predicted octanol–water partition coefficient (Wildman–Crippen LogP) is 4.05. The van der Waals surface area contributed by atoms with Gasteiger partial charge in [0.25, 0.3) is 0 Å². The van der Waals surface area contributed by atoms with Crippen LogP contribution in [0.2, 0.25) is 0 Å². The minimum Gasteiger partial charge on any atom is -0.466 e. The number of aryl methyl sites for hydroxylation is 2. The smallest absolute Gasteiger partial charge is 0.334 e. The molecule has 2 aromatic carbocycles. The van der Waals surface area contributed by atoms with Crippen molar-refractivity contribution in [3.8, 4) is 0 Å². The number of hydrogen-bond donors (Lipinski definition) is 0. The minimum absolute atomic E-state index is 0.00907. The van der Waals surface area contributed by atoms with Crippen LogP contribution in [0.4, 0.5) is 0 Å². The van der Waals surface area contributed by atoms with Crippen LogP contribution >= 0.6 is 0 Å². The summed E-state index contributed by atoms with van der Waals surface area (Å²) in [7, 11) is -2.18. The van der Waals surface area contributed by atoms with Crippen LogP contribution in [0.1, 0.15) is 24.0 Å². The Labute approximate surface area is 184 Å². The van der Waals surface area contributed by atoms with Crippen molar-refractivity contribution in [2.45, 2.75) is 31.1 Å². The van der Waals surface area contributed by atoms with Crippen molar-refractivity contribution < 1.29 is 17.9 Å². The van der Waals surface area contributed by atoms with Gasteiger partial charge in [0.05, 0.1) is 12.0 Å². The number of fused-ring (bicyclic) bond motifs is 1. The Morgan fingerprint density at radius 1 is 1.06 bits per heavy atom. The Balaban J connectivity index is 1.57. The summed E-state index contributed by atoms with van der Waals surface area (Å²) in [6, 6.07) is 17.1. The van der Waals surface area contributed by atoms with E-state index in [0.29, 0.717) is 30.0 Å². The summed E-state index contributed by atoms with van der Waals surface area (Å²) < 4.78 is 32.9. The van der Waals surface area contributed by atoms with Crippen LogP contribution in [-0.4, -0.2) is 38.9 Å². The second-order valence-electron chi connectivity index (χ2n) is 8.21. The second kappa shape index (κ2) is 8.81. The van der Waals surface area contributed by atoms with Gasteiger partial charge in [-0.15, -0.1) is 0 Å². The third kappa shape index (κ3) is 4.50. The molecule has 1 aliphatic heterocycles. The largest absolute Gasteiger partial charge is 0.466 e. The number of carbonyl (C=O) groups excluding carboxylic acids is 1. The minimum atomic E-state index is -3.57. The summed E-state index contributed by atoms with van der Waals surface area (Å²) in [5.41, 5.74) is 4.92. The lowest BCUT2D eigenvalue weighted by Crippen LogP contribution is -2.29. The number of allylic oxidation sites excluding steroid dienone is 2. The number of carbonyl (C=O) groups is 1. The van der Waals surface area contributed by atoms with Gasteiger partial charge < -0.3 is 4.74 Å². The number of methoxy groups -OCH3 is 1. The van der Waals surface area contributed by atoms with Gasteiger partial charge in [-0.05, 0) is 60.9 Å². The molecule has 5 nitrogen and oxygen atoms in total. The summed E-state index contributed by atoms with van der Waals surface area (Å²) in [6.07, 6.45) is 4.09. The second-order valence-corrected chi connectivity index (χ2v) is 10.1. The molecule has 0 amide bonds. The van der Waals surface area contributed by atoms with Gasteiger partial charge in [0.1, 0.15) is 0 Å². The molecule has 0 saturated carbocycles. The molecule has 1 atom stereocenters. The molecular formula is C25H27NO4S. The number of esters is 1. The van der Waals surface area contributed by atoms with E-state index in [0.717, 1.165) is 29.6 Å². The molecule has 162 valence electrons. The fraction of sp³-hybridized carbons (Fsp3) is 0.320. The molecule has 1 saturated heterocycles. The van der Waals surface area contributed by atoms with Gasteiger partial charge in [-0.2, -0.15) is 4.31 Å². The number of nitrogens with zero attached hydrogens (tertiary/aromatic N) is 1. The molecule has 2 aliphatic rings. The van der Waals surface area contributed by atoms with E-state index >= 15 is 0 Å². The Morgan fingerprint density at radius 2 is 1.77 bits per heavy atom. The Kier molecular flexibility index (Phi) is 6.12. The summed E-state index contributed by atoms with van der Waals surface area (Å²) in [4.78, 5) is 12.8. The van der Waals surface area contributed by atoms with Crippen molar-refractivity contribution >= 4 is 16.0 Å². The van der Waals surface area contributed by atoms with E-state index in [-0.39, 0.29) is 11.9 Å². The average molecular weight is 438 g/mol. The molecule has 2 aromatic rings. The Morgan fingerprint density at radius 3 is 2.45 bits per heavy atom. The topological polar surface area (TPSA) is 63.7 Å². The quantitative estimate of drug-likeness (QED) is 0.640. The van der Waals surface area contributed by atoms with Gasteiger partial charge in [-0.1, -0.05) is 54.1 Å². The molecule has 1 unspecified atom stereocenters. The molecule has 4 rings (SSSR count). The van der Waals surface area contributed by atoms with E-state index < -0.39 is 10.0 Å². The van der Waals surface area contributed by atoms with Gasteiger partial charge in [-0.25, -0.2) is 13.2 Å². The van der Waals surface area contributed by atoms with Crippen LogP contribution in [0.5, 0.6) is 0 Å². The van der Waals surface area contributed by atoms with Crippen LogP contribution in [0.25, 0.3) is 0 Å². The molecule has 0 radical (unpaired) electrons. The zero-order valence-electron chi connectivity index (χ0n) is 17.9. The SMILES string of the molecule is COC(=O)C1=C(CCc2ccccc2)C=C2CN(S(=O)(=O)c3ccc(C)cc3)CC2C1. The van der Waals surface area contributed by atoms with Gasteiger partial charge in [0.15, 0.2) is 0 Å². The standard InChI is InChI=1S/C25H27NO4S/c1-18-8-12-23(13-9-18)31(28,29)26-16-21-14-20(11-10-19-6-4-3-5-7-19)24(25(27)30-2)15-22(21)17-26/h3-9,12-14,22H,10-11,15-17H2,1-2H3. The molecule has 0 spiro atoms. The van der Waals surface area contributed by atoms with Crippen molar-refractivity contribution in [3.05, 3.63) is 88.5 Å². The number of ether oxygens (including phenoxy) is 1. The maximum Gasteiger partial charge on any atom is 0.334 e. The highest BCUT2D eigenvalue weighted by Gasteiger charge is 2.39. The van der Waals surface area contributed by atoms with Crippen molar-refractivity contribution in [3.63, 3.8) is 0 Å². The highest BCUT2D eigenvalue weighted by molar-refractivity contribution is 7.89. The molecule has 0 aromatic heterocycles. The van der Waals surface area contributed by atoms with E-state index in [1.54, 1.807) is 12.1 Å². The van der Waals surface area contributed by atoms with Crippen molar-refractivity contribution in [2.24, 2.45) is 5.92 Å². The van der Waals surface area contributed by atoms with Crippen LogP contribution in [0.15, 0.2) is 82.3 Å². The molecule has 1 fully saturated rings.